The molecular weight excluding hydrogens is 279 g/mol. The van der Waals surface area contributed by atoms with E-state index in [-0.39, 0.29) is 11.7 Å². The van der Waals surface area contributed by atoms with E-state index in [1.165, 1.54) is 7.11 Å². The van der Waals surface area contributed by atoms with Gasteiger partial charge in [-0.25, -0.2) is 4.98 Å². The topological polar surface area (TPSA) is 77.3 Å². The van der Waals surface area contributed by atoms with Crippen molar-refractivity contribution in [2.75, 3.05) is 19.0 Å². The maximum Gasteiger partial charge on any atom is 0.433 e. The van der Waals surface area contributed by atoms with Gasteiger partial charge in [0.1, 0.15) is 17.6 Å². The molecule has 0 aliphatic carbocycles. The molecule has 112 valence electrons. The number of alkyl halides is 3. The third-order valence-corrected chi connectivity index (χ3v) is 2.53. The van der Waals surface area contributed by atoms with Gasteiger partial charge >= 0.3 is 11.9 Å². The van der Waals surface area contributed by atoms with E-state index in [1.807, 2.05) is 0 Å². The van der Waals surface area contributed by atoms with Crippen molar-refractivity contribution in [2.45, 2.75) is 25.6 Å². The summed E-state index contributed by atoms with van der Waals surface area (Å²) in [6, 6.07) is 0.360. The fraction of sp³-hybridized carbons (Fsp3) is 0.545. The van der Waals surface area contributed by atoms with Gasteiger partial charge in [0.25, 0.3) is 0 Å². The Balaban J connectivity index is 3.03. The summed E-state index contributed by atoms with van der Waals surface area (Å²) in [7, 11) is 1.49. The molecule has 1 rings (SSSR count). The van der Waals surface area contributed by atoms with Crippen LogP contribution in [0.25, 0.3) is 0 Å². The summed E-state index contributed by atoms with van der Waals surface area (Å²) in [5, 5.41) is 13.5. The molecular formula is C11H14F3N3O3. The highest BCUT2D eigenvalue weighted by Crippen LogP contribution is 2.33. The van der Waals surface area contributed by atoms with Crippen LogP contribution in [-0.2, 0) is 10.9 Å². The van der Waals surface area contributed by atoms with Gasteiger partial charge in [0.05, 0.1) is 4.92 Å². The lowest BCUT2D eigenvalue weighted by Gasteiger charge is -2.15. The Kier molecular flexibility index (Phi) is 5.26. The number of pyridine rings is 1. The second kappa shape index (κ2) is 6.51. The number of nitrogens with zero attached hydrogens (tertiary/aromatic N) is 2. The number of aromatic nitrogens is 1. The SMILES string of the molecule is COCCC(C)Nc1cc(C(F)(F)F)ncc1[N+](=O)[O-]. The number of hydrogen-bond donors (Lipinski definition) is 1. The maximum atomic E-state index is 12.6. The van der Waals surface area contributed by atoms with E-state index in [0.717, 1.165) is 0 Å². The van der Waals surface area contributed by atoms with Gasteiger partial charge in [0, 0.05) is 19.8 Å². The molecule has 0 fully saturated rings. The number of rotatable bonds is 6. The molecule has 0 saturated carbocycles. The highest BCUT2D eigenvalue weighted by molar-refractivity contribution is 5.61. The Hall–Kier alpha value is -1.90. The molecule has 1 N–H and O–H groups in total. The van der Waals surface area contributed by atoms with Crippen LogP contribution in [0.15, 0.2) is 12.3 Å². The van der Waals surface area contributed by atoms with Gasteiger partial charge in [-0.05, 0) is 19.4 Å². The van der Waals surface area contributed by atoms with Crippen LogP contribution in [0, 0.1) is 10.1 Å². The van der Waals surface area contributed by atoms with Crippen LogP contribution in [0.5, 0.6) is 0 Å². The van der Waals surface area contributed by atoms with Crippen LogP contribution in [0.3, 0.4) is 0 Å². The van der Waals surface area contributed by atoms with Crippen LogP contribution in [0.2, 0.25) is 0 Å². The molecule has 0 radical (unpaired) electrons. The van der Waals surface area contributed by atoms with Crippen LogP contribution >= 0.6 is 0 Å². The highest BCUT2D eigenvalue weighted by Gasteiger charge is 2.34. The van der Waals surface area contributed by atoms with E-state index < -0.39 is 22.5 Å². The zero-order chi connectivity index (χ0) is 15.3. The molecule has 1 atom stereocenters. The van der Waals surface area contributed by atoms with Crippen molar-refractivity contribution in [1.82, 2.24) is 4.98 Å². The van der Waals surface area contributed by atoms with E-state index >= 15 is 0 Å². The second-order valence-electron chi connectivity index (χ2n) is 4.17. The third kappa shape index (κ3) is 4.34. The summed E-state index contributed by atoms with van der Waals surface area (Å²) >= 11 is 0. The fourth-order valence-electron chi connectivity index (χ4n) is 1.50. The first-order chi connectivity index (χ1) is 9.25. The van der Waals surface area contributed by atoms with Gasteiger partial charge in [0.15, 0.2) is 0 Å². The second-order valence-corrected chi connectivity index (χ2v) is 4.17. The number of nitrogens with one attached hydrogen (secondary N) is 1. The minimum atomic E-state index is -4.65. The van der Waals surface area contributed by atoms with Crippen molar-refractivity contribution < 1.29 is 22.8 Å². The molecule has 20 heavy (non-hydrogen) atoms. The first-order valence-electron chi connectivity index (χ1n) is 5.72. The highest BCUT2D eigenvalue weighted by atomic mass is 19.4. The Morgan fingerprint density at radius 1 is 1.55 bits per heavy atom. The van der Waals surface area contributed by atoms with Crippen LogP contribution < -0.4 is 5.32 Å². The largest absolute Gasteiger partial charge is 0.433 e. The normalized spacial score (nSPS) is 13.1. The Morgan fingerprint density at radius 2 is 2.20 bits per heavy atom. The van der Waals surface area contributed by atoms with Crippen molar-refractivity contribution in [3.8, 4) is 0 Å². The molecule has 1 aromatic heterocycles. The van der Waals surface area contributed by atoms with Crippen molar-refractivity contribution >= 4 is 11.4 Å². The average molecular weight is 293 g/mol. The molecule has 6 nitrogen and oxygen atoms in total. The lowest BCUT2D eigenvalue weighted by molar-refractivity contribution is -0.384. The molecule has 0 aliphatic rings. The summed E-state index contributed by atoms with van der Waals surface area (Å²) in [4.78, 5) is 13.1. The summed E-state index contributed by atoms with van der Waals surface area (Å²) in [6.45, 7) is 2.08. The van der Waals surface area contributed by atoms with E-state index in [9.17, 15) is 23.3 Å². The zero-order valence-electron chi connectivity index (χ0n) is 10.9. The van der Waals surface area contributed by atoms with Crippen LogP contribution in [0.4, 0.5) is 24.5 Å². The number of halogens is 3. The Bertz CT molecular complexity index is 480. The van der Waals surface area contributed by atoms with Crippen LogP contribution in [-0.4, -0.2) is 29.7 Å². The summed E-state index contributed by atoms with van der Waals surface area (Å²) in [6.07, 6.45) is -3.55. The number of methoxy groups -OCH3 is 1. The molecule has 1 aromatic rings. The average Bonchev–Trinajstić information content (AvgIpc) is 2.34. The lowest BCUT2D eigenvalue weighted by Crippen LogP contribution is -2.19. The van der Waals surface area contributed by atoms with Crippen molar-refractivity contribution in [2.24, 2.45) is 0 Å². The van der Waals surface area contributed by atoms with Gasteiger partial charge in [0.2, 0.25) is 0 Å². The van der Waals surface area contributed by atoms with Crippen molar-refractivity contribution in [1.29, 1.82) is 0 Å². The van der Waals surface area contributed by atoms with Crippen LogP contribution in [0.1, 0.15) is 19.0 Å². The molecule has 1 unspecified atom stereocenters. The number of anilines is 1. The first kappa shape index (κ1) is 16.2. The van der Waals surface area contributed by atoms with E-state index in [0.29, 0.717) is 25.3 Å². The third-order valence-electron chi connectivity index (χ3n) is 2.53. The maximum absolute atomic E-state index is 12.6. The quantitative estimate of drug-likeness (QED) is 0.644. The molecule has 0 bridgehead atoms. The van der Waals surface area contributed by atoms with Gasteiger partial charge in [-0.2, -0.15) is 13.2 Å². The van der Waals surface area contributed by atoms with Gasteiger partial charge < -0.3 is 10.1 Å². The van der Waals surface area contributed by atoms with Crippen molar-refractivity contribution in [3.63, 3.8) is 0 Å². The molecule has 0 spiro atoms. The Morgan fingerprint density at radius 3 is 2.70 bits per heavy atom. The molecule has 1 heterocycles. The van der Waals surface area contributed by atoms with Gasteiger partial charge in [-0.1, -0.05) is 0 Å². The smallest absolute Gasteiger partial charge is 0.385 e. The summed E-state index contributed by atoms with van der Waals surface area (Å²) in [5.74, 6) is 0. The minimum Gasteiger partial charge on any atom is -0.385 e. The van der Waals surface area contributed by atoms with E-state index in [2.05, 4.69) is 10.3 Å². The minimum absolute atomic E-state index is 0.207. The number of ether oxygens (including phenoxy) is 1. The summed E-state index contributed by atoms with van der Waals surface area (Å²) < 4.78 is 42.5. The molecule has 0 aliphatic heterocycles. The monoisotopic (exact) mass is 293 g/mol. The zero-order valence-corrected chi connectivity index (χ0v) is 10.9. The molecule has 9 heteroatoms. The summed E-state index contributed by atoms with van der Waals surface area (Å²) in [5.41, 5.74) is -1.88. The van der Waals surface area contributed by atoms with Crippen molar-refractivity contribution in [3.05, 3.63) is 28.1 Å². The van der Waals surface area contributed by atoms with Gasteiger partial charge in [-0.15, -0.1) is 0 Å². The lowest BCUT2D eigenvalue weighted by atomic mass is 10.2. The number of nitro groups is 1. The molecule has 0 aromatic carbocycles. The predicted octanol–water partition coefficient (Wildman–Crippen LogP) is 2.85. The molecule has 0 amide bonds. The predicted molar refractivity (Wildman–Crippen MR) is 65.5 cm³/mol. The fourth-order valence-corrected chi connectivity index (χ4v) is 1.50. The van der Waals surface area contributed by atoms with E-state index in [4.69, 9.17) is 4.74 Å². The number of hydrogen-bond acceptors (Lipinski definition) is 5. The van der Waals surface area contributed by atoms with Gasteiger partial charge in [-0.3, -0.25) is 10.1 Å². The standard InChI is InChI=1S/C11H14F3N3O3/c1-7(3-4-20-2)16-8-5-10(11(12,13)14)15-6-9(8)17(18)19/h5-7H,3-4H2,1-2H3,(H,15,16). The van der Waals surface area contributed by atoms with E-state index in [1.54, 1.807) is 6.92 Å². The first-order valence-corrected chi connectivity index (χ1v) is 5.72. The Labute approximate surface area is 113 Å². The molecule has 0 saturated heterocycles.